The summed E-state index contributed by atoms with van der Waals surface area (Å²) in [5.41, 5.74) is 6.86. The third-order valence-electron chi connectivity index (χ3n) is 2.43. The first-order valence-electron chi connectivity index (χ1n) is 5.24. The maximum Gasteiger partial charge on any atom is 0.219 e. The quantitative estimate of drug-likeness (QED) is 0.723. The van der Waals surface area contributed by atoms with Crippen LogP contribution in [0.2, 0.25) is 0 Å². The zero-order chi connectivity index (χ0) is 12.1. The number of carbonyl (C=O) groups is 1. The first kappa shape index (κ1) is 13.1. The second kappa shape index (κ2) is 5.92. The number of nitrogens with two attached hydrogens (primary N) is 1. The van der Waals surface area contributed by atoms with Gasteiger partial charge in [-0.3, -0.25) is 4.79 Å². The predicted octanol–water partition coefficient (Wildman–Crippen LogP) is 2.31. The molecule has 0 aromatic rings. The van der Waals surface area contributed by atoms with Crippen molar-refractivity contribution >= 4 is 16.9 Å². The van der Waals surface area contributed by atoms with Crippen molar-refractivity contribution < 1.29 is 9.90 Å². The largest absolute Gasteiger partial charge is 0.510 e. The van der Waals surface area contributed by atoms with Crippen molar-refractivity contribution in [1.82, 2.24) is 0 Å². The van der Waals surface area contributed by atoms with Gasteiger partial charge in [-0.25, -0.2) is 0 Å². The number of hydrogen-bond donors (Lipinski definition) is 2. The van der Waals surface area contributed by atoms with Crippen LogP contribution in [0.1, 0.15) is 19.8 Å². The van der Waals surface area contributed by atoms with Crippen molar-refractivity contribution in [3.63, 3.8) is 0 Å². The summed E-state index contributed by atoms with van der Waals surface area (Å²) in [6, 6.07) is 0. The maximum atomic E-state index is 11.6. The number of rotatable bonds is 5. The van der Waals surface area contributed by atoms with Crippen LogP contribution in [-0.4, -0.2) is 22.0 Å². The van der Waals surface area contributed by atoms with Gasteiger partial charge in [0, 0.05) is 5.57 Å². The molecule has 1 heterocycles. The van der Waals surface area contributed by atoms with E-state index in [2.05, 4.69) is 6.58 Å². The van der Waals surface area contributed by atoms with E-state index in [4.69, 9.17) is 5.73 Å². The summed E-state index contributed by atoms with van der Waals surface area (Å²) < 4.78 is 0. The van der Waals surface area contributed by atoms with Gasteiger partial charge < -0.3 is 10.8 Å². The molecule has 3 N–H and O–H groups in total. The highest BCUT2D eigenvalue weighted by atomic mass is 32.2. The number of allylic oxidation sites excluding steroid dienone is 2. The molecule has 0 bridgehead atoms. The van der Waals surface area contributed by atoms with Crippen LogP contribution in [-0.2, 0) is 4.79 Å². The van der Waals surface area contributed by atoms with Crippen molar-refractivity contribution in [3.05, 3.63) is 35.6 Å². The number of aliphatic hydroxyl groups is 1. The number of thioether (sulfide) groups is 1. The van der Waals surface area contributed by atoms with Crippen LogP contribution in [0.4, 0.5) is 0 Å². The Balaban J connectivity index is 2.82. The molecule has 1 aliphatic heterocycles. The maximum absolute atomic E-state index is 11.6. The second-order valence-corrected chi connectivity index (χ2v) is 4.81. The minimum atomic E-state index is -0.252. The van der Waals surface area contributed by atoms with E-state index in [9.17, 15) is 9.90 Å². The van der Waals surface area contributed by atoms with Crippen LogP contribution in [0, 0.1) is 0 Å². The van der Waals surface area contributed by atoms with Gasteiger partial charge in [0.25, 0.3) is 0 Å². The van der Waals surface area contributed by atoms with Crippen molar-refractivity contribution in [1.29, 1.82) is 0 Å². The zero-order valence-corrected chi connectivity index (χ0v) is 10.2. The summed E-state index contributed by atoms with van der Waals surface area (Å²) in [6.45, 7) is 6.06. The molecule has 0 fully saturated rings. The van der Waals surface area contributed by atoms with Crippen LogP contribution in [0.3, 0.4) is 0 Å². The first-order chi connectivity index (χ1) is 7.60. The van der Waals surface area contributed by atoms with Crippen LogP contribution in [0.5, 0.6) is 0 Å². The molecule has 0 saturated heterocycles. The highest BCUT2D eigenvalue weighted by Crippen LogP contribution is 2.35. The molecule has 1 unspecified atom stereocenters. The van der Waals surface area contributed by atoms with Crippen LogP contribution in [0.15, 0.2) is 35.6 Å². The Kier molecular flexibility index (Phi) is 4.83. The lowest BCUT2D eigenvalue weighted by Crippen LogP contribution is -2.02. The van der Waals surface area contributed by atoms with Gasteiger partial charge in [-0.2, -0.15) is 0 Å². The van der Waals surface area contributed by atoms with Gasteiger partial charge in [-0.1, -0.05) is 36.1 Å². The van der Waals surface area contributed by atoms with E-state index in [1.165, 1.54) is 0 Å². The molecule has 16 heavy (non-hydrogen) atoms. The van der Waals surface area contributed by atoms with E-state index < -0.39 is 0 Å². The van der Waals surface area contributed by atoms with Crippen molar-refractivity contribution in [2.75, 3.05) is 6.54 Å². The Bertz CT molecular complexity index is 358. The van der Waals surface area contributed by atoms with E-state index in [0.29, 0.717) is 18.5 Å². The third-order valence-corrected chi connectivity index (χ3v) is 3.50. The smallest absolute Gasteiger partial charge is 0.219 e. The van der Waals surface area contributed by atoms with Gasteiger partial charge in [-0.05, 0) is 26.3 Å². The molecular weight excluding hydrogens is 222 g/mol. The minimum absolute atomic E-state index is 0.0379. The summed E-state index contributed by atoms with van der Waals surface area (Å²) in [6.07, 6.45) is 4.84. The fourth-order valence-electron chi connectivity index (χ4n) is 1.45. The zero-order valence-electron chi connectivity index (χ0n) is 9.40. The Labute approximate surface area is 100 Å². The van der Waals surface area contributed by atoms with E-state index in [1.807, 2.05) is 13.0 Å². The average molecular weight is 239 g/mol. The summed E-state index contributed by atoms with van der Waals surface area (Å²) in [5.74, 6) is 0.185. The normalized spacial score (nSPS) is 21.8. The summed E-state index contributed by atoms with van der Waals surface area (Å²) in [7, 11) is 0. The van der Waals surface area contributed by atoms with Gasteiger partial charge >= 0.3 is 0 Å². The van der Waals surface area contributed by atoms with Crippen LogP contribution >= 0.6 is 11.8 Å². The Morgan fingerprint density at radius 3 is 2.94 bits per heavy atom. The highest BCUT2D eigenvalue weighted by Gasteiger charge is 2.31. The van der Waals surface area contributed by atoms with E-state index in [-0.39, 0.29) is 16.1 Å². The van der Waals surface area contributed by atoms with E-state index in [1.54, 1.807) is 6.08 Å². The first-order valence-corrected chi connectivity index (χ1v) is 6.12. The summed E-state index contributed by atoms with van der Waals surface area (Å²) >= 11 is 1.15. The molecule has 1 aliphatic rings. The monoisotopic (exact) mass is 239 g/mol. The highest BCUT2D eigenvalue weighted by molar-refractivity contribution is 8.15. The molecule has 0 amide bonds. The summed E-state index contributed by atoms with van der Waals surface area (Å²) in [4.78, 5) is 11.6. The van der Waals surface area contributed by atoms with E-state index >= 15 is 0 Å². The van der Waals surface area contributed by atoms with Gasteiger partial charge in [0.1, 0.15) is 5.76 Å². The lowest BCUT2D eigenvalue weighted by molar-refractivity contribution is -0.108. The van der Waals surface area contributed by atoms with Gasteiger partial charge in [0.05, 0.1) is 5.25 Å². The number of hydrogen-bond acceptors (Lipinski definition) is 4. The van der Waals surface area contributed by atoms with Gasteiger partial charge in [0.2, 0.25) is 5.12 Å². The predicted molar refractivity (Wildman–Crippen MR) is 68.3 cm³/mol. The summed E-state index contributed by atoms with van der Waals surface area (Å²) in [5, 5.41) is 9.62. The van der Waals surface area contributed by atoms with E-state index in [0.717, 1.165) is 23.8 Å². The molecule has 0 saturated carbocycles. The molecule has 1 atom stereocenters. The molecule has 1 rings (SSSR count). The van der Waals surface area contributed by atoms with Crippen molar-refractivity contribution in [3.8, 4) is 0 Å². The van der Waals surface area contributed by atoms with Crippen molar-refractivity contribution in [2.45, 2.75) is 25.0 Å². The molecular formula is C12H17NO2S. The fourth-order valence-corrected chi connectivity index (χ4v) is 2.56. The lowest BCUT2D eigenvalue weighted by atomic mass is 10.1. The standard InChI is InChI=1S/C12H17NO2S/c1-3-8(2)7-10-11(14)9(5-4-6-13)12(15)16-10/h3,7,10,14H,1,4-6,13H2,2H3/b8-7+. The molecule has 3 nitrogen and oxygen atoms in total. The molecule has 4 heteroatoms. The molecule has 0 aromatic heterocycles. The Morgan fingerprint density at radius 2 is 2.38 bits per heavy atom. The van der Waals surface area contributed by atoms with Crippen LogP contribution < -0.4 is 5.73 Å². The number of aliphatic hydroxyl groups excluding tert-OH is 1. The third kappa shape index (κ3) is 3.00. The molecule has 0 radical (unpaired) electrons. The Morgan fingerprint density at radius 1 is 1.69 bits per heavy atom. The molecule has 0 aliphatic carbocycles. The minimum Gasteiger partial charge on any atom is -0.510 e. The average Bonchev–Trinajstić information content (AvgIpc) is 2.52. The van der Waals surface area contributed by atoms with Crippen LogP contribution in [0.25, 0.3) is 0 Å². The molecule has 88 valence electrons. The Hall–Kier alpha value is -1.00. The van der Waals surface area contributed by atoms with Gasteiger partial charge in [-0.15, -0.1) is 0 Å². The lowest BCUT2D eigenvalue weighted by Gasteiger charge is -2.03. The molecule has 0 aromatic carbocycles. The van der Waals surface area contributed by atoms with Crippen molar-refractivity contribution in [2.24, 2.45) is 5.73 Å². The SMILES string of the molecule is C=C/C(C)=C/C1SC(=O)C(CCCN)=C1O. The molecule has 0 spiro atoms. The number of carbonyl (C=O) groups excluding carboxylic acids is 1. The fraction of sp³-hybridized carbons (Fsp3) is 0.417. The van der Waals surface area contributed by atoms with Gasteiger partial charge in [0.15, 0.2) is 0 Å². The topological polar surface area (TPSA) is 63.3 Å². The second-order valence-electron chi connectivity index (χ2n) is 3.70.